The number of aliphatic carboxylic acids is 1. The van der Waals surface area contributed by atoms with E-state index in [4.69, 9.17) is 64.8 Å². The molecule has 4 heterocycles. The smallest absolute Gasteiger partial charge is 0.309 e. The highest BCUT2D eigenvalue weighted by atomic mass is 35.5. The maximum atomic E-state index is 14.4. The summed E-state index contributed by atoms with van der Waals surface area (Å²) in [7, 11) is 4.60. The van der Waals surface area contributed by atoms with Gasteiger partial charge in [0.15, 0.2) is 63.0 Å². The van der Waals surface area contributed by atoms with Crippen LogP contribution in [0.25, 0.3) is 0 Å². The molecule has 0 saturated heterocycles. The van der Waals surface area contributed by atoms with Gasteiger partial charge in [0.25, 0.3) is 0 Å². The number of aromatic nitrogens is 4. The lowest BCUT2D eigenvalue weighted by atomic mass is 9.34. The van der Waals surface area contributed by atoms with Gasteiger partial charge < -0.3 is 34.0 Å². The van der Waals surface area contributed by atoms with Crippen molar-refractivity contribution >= 4 is 52.0 Å². The van der Waals surface area contributed by atoms with Crippen LogP contribution in [0.3, 0.4) is 0 Å². The Bertz CT molecular complexity index is 5880. The molecule has 0 aromatic carbocycles. The van der Waals surface area contributed by atoms with Crippen molar-refractivity contribution in [3.8, 4) is 0 Å². The SMILES string of the molecule is CC1(C)CC[C@]2(N)CC[C@]3(C)[C@H](C(=O)C=C4[C@@]5(C)Cc6cnoc6[C@@](C)(O)[C@@H]5CC[C@]43C)[C@@H]2C1.COO[C@]1(C)c2oncc2C[C@]2(C)C3=CC(=O)[C@@H]4[C@@H]5CC(C)(C)CC[C@]5(C(=O)Cl)CC[C@@]4(C)[C@]3(C)CC[C@H]21.COO[C@]1(C)c2oncc2C[C@]2(C)C3=CC(=O)[C@@H]4[C@@H]5CC(C)(C)CC[C@]5(C(=O)O)CC[C@@]4(C)[C@]3(C)CC[C@H]21.COO[C@]1(C)c2oncc2C[C@]2(C)C3=CC(=O)[C@@H]4[C@@H]5CC(C)(C)CC[C@]5(N=C=O)CC[C@@]4(C)[C@]3(C)CC[C@H]21. The summed E-state index contributed by atoms with van der Waals surface area (Å²) in [5.74, 6) is 2.50. The molecule has 4 N–H and O–H groups in total. The Balaban J connectivity index is 0.000000116. The highest BCUT2D eigenvalue weighted by Crippen LogP contribution is 2.82. The predicted molar refractivity (Wildman–Crippen MR) is 554 cm³/mol. The fraction of sp³-hybridized carbons (Fsp3) is 0.779. The van der Waals surface area contributed by atoms with Crippen molar-refractivity contribution in [1.29, 1.82) is 0 Å². The van der Waals surface area contributed by atoms with Gasteiger partial charge in [-0.25, -0.2) is 34.1 Å². The molecule has 0 spiro atoms. The van der Waals surface area contributed by atoms with E-state index < -0.39 is 44.7 Å². The Morgan fingerprint density at radius 2 is 0.642 bits per heavy atom. The lowest BCUT2D eigenvalue weighted by Gasteiger charge is -2.69. The van der Waals surface area contributed by atoms with Gasteiger partial charge >= 0.3 is 5.97 Å². The van der Waals surface area contributed by atoms with E-state index in [0.29, 0.717) is 24.4 Å². The fourth-order valence-electron chi connectivity index (χ4n) is 41.5. The van der Waals surface area contributed by atoms with Crippen LogP contribution in [0.4, 0.5) is 0 Å². The Kier molecular flexibility index (Phi) is 24.3. The van der Waals surface area contributed by atoms with E-state index in [1.54, 1.807) is 24.8 Å². The monoisotopic (exact) mass is 2060 g/mol. The van der Waals surface area contributed by atoms with Gasteiger partial charge in [-0.3, -0.25) is 28.8 Å². The van der Waals surface area contributed by atoms with Gasteiger partial charge in [-0.15, -0.1) is 0 Å². The molecule has 24 rings (SSSR count). The molecular formula is C122H169ClN6O19. The molecule has 148 heavy (non-hydrogen) atoms. The van der Waals surface area contributed by atoms with Gasteiger partial charge in [0, 0.05) is 80.6 Å². The molecule has 25 nitrogen and oxygen atoms in total. The summed E-state index contributed by atoms with van der Waals surface area (Å²) >= 11 is 6.42. The molecule has 32 atom stereocenters. The number of nitrogens with zero attached hydrogens (tertiary/aromatic N) is 5. The second-order valence-electron chi connectivity index (χ2n) is 58.8. The summed E-state index contributed by atoms with van der Waals surface area (Å²) in [6.07, 6.45) is 45.1. The average Bonchev–Trinajstić information content (AvgIpc) is 0.925. The number of carbonyl (C=O) groups is 6. The van der Waals surface area contributed by atoms with Crippen molar-refractivity contribution < 1.29 is 91.2 Å². The summed E-state index contributed by atoms with van der Waals surface area (Å²) in [4.78, 5) is 133. The van der Waals surface area contributed by atoms with E-state index in [0.717, 1.165) is 226 Å². The normalized spacial score (nSPS) is 48.0. The van der Waals surface area contributed by atoms with Crippen LogP contribution < -0.4 is 5.73 Å². The zero-order chi connectivity index (χ0) is 107. The van der Waals surface area contributed by atoms with Crippen molar-refractivity contribution in [3.63, 3.8) is 0 Å². The van der Waals surface area contributed by atoms with Crippen LogP contribution >= 0.6 is 11.6 Å². The van der Waals surface area contributed by atoms with Crippen molar-refractivity contribution in [1.82, 2.24) is 20.6 Å². The first kappa shape index (κ1) is 107. The second kappa shape index (κ2) is 33.8. The number of hydrogen-bond acceptors (Lipinski definition) is 24. The van der Waals surface area contributed by atoms with E-state index >= 15 is 0 Å². The quantitative estimate of drug-likeness (QED) is 0.0460. The first-order valence-electron chi connectivity index (χ1n) is 56.4. The van der Waals surface area contributed by atoms with Gasteiger partial charge in [0.2, 0.25) is 11.3 Å². The molecular weight excluding hydrogens is 1890 g/mol. The largest absolute Gasteiger partial charge is 0.481 e. The van der Waals surface area contributed by atoms with Gasteiger partial charge in [0.1, 0.15) is 5.60 Å². The number of allylic oxidation sites excluding steroid dienone is 8. The third kappa shape index (κ3) is 14.1. The van der Waals surface area contributed by atoms with Crippen LogP contribution in [0.15, 0.2) is 94.5 Å². The molecule has 4 aromatic rings. The van der Waals surface area contributed by atoms with Crippen molar-refractivity contribution in [2.45, 2.75) is 405 Å². The Morgan fingerprint density at radius 3 is 1.01 bits per heavy atom. The van der Waals surface area contributed by atoms with Gasteiger partial charge in [-0.1, -0.05) is 181 Å². The Hall–Kier alpha value is -7.03. The van der Waals surface area contributed by atoms with Crippen molar-refractivity contribution in [3.05, 3.63) is 117 Å². The number of isocyanates is 1. The number of fused-ring (bicyclic) bond motifs is 32. The molecule has 12 fully saturated rings. The van der Waals surface area contributed by atoms with E-state index in [-0.39, 0.29) is 192 Å². The summed E-state index contributed by atoms with van der Waals surface area (Å²) in [5.41, 5.74) is 7.99. The number of hydrogen-bond donors (Lipinski definition) is 3. The minimum atomic E-state index is -1.09. The lowest BCUT2D eigenvalue weighted by Crippen LogP contribution is -2.68. The summed E-state index contributed by atoms with van der Waals surface area (Å²) in [5, 5.41) is 38.4. The molecule has 20 aliphatic rings. The standard InChI is InChI=1S/C31H42ClNO5.C31H42N2O5.C31H43NO6.C29H42N2O3/c1-26(2)10-12-31(25(32)35)13-11-29(5)23(19(31)16-26)20(34)14-22-27(3)15-18-17-33-37-24(18)30(6,38-36-7)21(27)8-9-28(22,29)4;1-26(2)10-12-31(32-18-34)13-11-29(5)24(20(31)16-26)21(35)14-23-27(3)15-19-17-33-37-25(19)30(6,38-36-7)22(27)8-9-28(23,29)4;1-26(2)10-12-31(25(34)35)13-11-29(5)23(19(31)16-26)20(33)14-22-27(3)15-18-17-32-37-24(18)30(6,38-36-7)21(27)8-9-28(22,29)4;1-24(2)9-11-29(30)12-10-27(5)22(18(29)15-24)19(32)13-21-25(3)14-17-16-31-34-23(17)28(6,33)20(25)7-8-26(21,27)4/h14,17,19,21,23H,8-13,15-16H2,1-7H3;14,17,20,22,24H,8-13,15-16H2,1-7H3;14,17,19,21,23H,8-13,15-16H2,1-7H3,(H,34,35);13,16,18,20,22,33H,7-12,14-15,30H2,1-6H3/t19-,21+,23-,27-,28+,29+,30-,31-;20-,22+,24-,27-,28+,29+,30-,31-;19-,21+,23-,27-,28+,29+,30-,31-;18-,20+,22-,25-,26+,27+,28-,29-/m0000/s1. The van der Waals surface area contributed by atoms with Crippen LogP contribution in [0.2, 0.25) is 0 Å². The maximum Gasteiger partial charge on any atom is 0.309 e. The number of aliphatic hydroxyl groups is 1. The van der Waals surface area contributed by atoms with Gasteiger partial charge in [0.05, 0.1) is 57.1 Å². The second-order valence-corrected chi connectivity index (χ2v) is 59.1. The maximum absolute atomic E-state index is 14.4. The number of carboxylic acids is 1. The zero-order valence-electron chi connectivity index (χ0n) is 93.7. The molecule has 0 amide bonds. The fourth-order valence-corrected chi connectivity index (χ4v) is 41.8. The number of nitrogens with two attached hydrogens (primary N) is 1. The highest BCUT2D eigenvalue weighted by Gasteiger charge is 2.79. The molecule has 0 aliphatic heterocycles. The average molecular weight is 2060 g/mol. The first-order valence-corrected chi connectivity index (χ1v) is 56.7. The molecule has 20 aliphatic carbocycles. The molecule has 12 saturated carbocycles. The number of ketones is 4. The zero-order valence-corrected chi connectivity index (χ0v) is 94.5. The van der Waals surface area contributed by atoms with Crippen LogP contribution in [0.5, 0.6) is 0 Å². The molecule has 4 aromatic heterocycles. The molecule has 0 radical (unpaired) electrons. The van der Waals surface area contributed by atoms with Gasteiger partial charge in [-0.2, -0.15) is 4.99 Å². The number of carboxylic acid groups (broad SMARTS) is 1. The molecule has 0 unspecified atom stereocenters. The molecule has 26 heteroatoms. The minimum absolute atomic E-state index is 0.00136. The van der Waals surface area contributed by atoms with Crippen LogP contribution in [-0.4, -0.2) is 104 Å². The Morgan fingerprint density at radius 1 is 0.372 bits per heavy atom. The number of aliphatic imine (C=N–C) groups is 1. The van der Waals surface area contributed by atoms with Crippen LogP contribution in [0, 0.1) is 168 Å². The van der Waals surface area contributed by atoms with E-state index in [9.17, 15) is 43.8 Å². The Labute approximate surface area is 880 Å². The molecule has 808 valence electrons. The number of rotatable bonds is 9. The molecule has 0 bridgehead atoms. The minimum Gasteiger partial charge on any atom is -0.481 e. The van der Waals surface area contributed by atoms with Crippen LogP contribution in [0.1, 0.15) is 391 Å². The third-order valence-corrected chi connectivity index (χ3v) is 50.2. The lowest BCUT2D eigenvalue weighted by molar-refractivity contribution is -0.375. The third-order valence-electron chi connectivity index (χ3n) is 49.9. The van der Waals surface area contributed by atoms with Gasteiger partial charge in [-0.05, 0) is 379 Å². The summed E-state index contributed by atoms with van der Waals surface area (Å²) in [6, 6.07) is 0. The van der Waals surface area contributed by atoms with E-state index in [1.807, 2.05) is 58.1 Å². The van der Waals surface area contributed by atoms with Crippen molar-refractivity contribution in [2.75, 3.05) is 21.3 Å². The van der Waals surface area contributed by atoms with Crippen molar-refractivity contribution in [2.24, 2.45) is 179 Å². The number of halogens is 1. The van der Waals surface area contributed by atoms with E-state index in [2.05, 4.69) is 164 Å². The van der Waals surface area contributed by atoms with E-state index in [1.165, 1.54) is 43.6 Å². The summed E-state index contributed by atoms with van der Waals surface area (Å²) in [6.45, 7) is 54.4. The summed E-state index contributed by atoms with van der Waals surface area (Å²) < 4.78 is 22.7. The number of carbonyl (C=O) groups excluding carboxylic acids is 6. The topological polar surface area (TPSA) is 358 Å². The highest BCUT2D eigenvalue weighted by molar-refractivity contribution is 6.64. The predicted octanol–water partition coefficient (Wildman–Crippen LogP) is 24.8. The van der Waals surface area contributed by atoms with Crippen LogP contribution in [-0.2, 0) is 111 Å². The first-order chi connectivity index (χ1) is 68.9.